The van der Waals surface area contributed by atoms with E-state index in [-0.39, 0.29) is 0 Å². The molecule has 0 saturated carbocycles. The molecule has 10 aromatic rings. The monoisotopic (exact) mass is 776 g/mol. The molecule has 0 aliphatic heterocycles. The van der Waals surface area contributed by atoms with E-state index in [2.05, 4.69) is 207 Å². The van der Waals surface area contributed by atoms with Crippen LogP contribution in [0.4, 0.5) is 34.1 Å². The first kappa shape index (κ1) is 36.8. The number of rotatable bonds is 10. The molecule has 0 aromatic heterocycles. The van der Waals surface area contributed by atoms with E-state index < -0.39 is 0 Å². The van der Waals surface area contributed by atoms with E-state index in [1.54, 1.807) is 0 Å². The summed E-state index contributed by atoms with van der Waals surface area (Å²) in [5.74, 6) is 3.22. The summed E-state index contributed by atoms with van der Waals surface area (Å²) in [7, 11) is 0. The number of nitrogens with zero attached hydrogens (tertiary/aromatic N) is 2. The Morgan fingerprint density at radius 1 is 0.267 bits per heavy atom. The summed E-state index contributed by atoms with van der Waals surface area (Å²) in [5, 5.41) is 7.26. The van der Waals surface area contributed by atoms with Gasteiger partial charge in [-0.1, -0.05) is 107 Å². The quantitative estimate of drug-likeness (QED) is 0.129. The van der Waals surface area contributed by atoms with Crippen LogP contribution in [0.2, 0.25) is 0 Å². The van der Waals surface area contributed by atoms with Crippen LogP contribution < -0.4 is 19.3 Å². The second-order valence-corrected chi connectivity index (χ2v) is 15.8. The van der Waals surface area contributed by atoms with Gasteiger partial charge >= 0.3 is 0 Å². The van der Waals surface area contributed by atoms with Crippen molar-refractivity contribution in [3.63, 3.8) is 0 Å². The van der Waals surface area contributed by atoms with Crippen LogP contribution in [0.15, 0.2) is 194 Å². The smallest absolute Gasteiger partial charge is 0.127 e. The SMILES string of the molecule is Cc1ccc(Oc2ccc(N(c3ccc(C)cc3)c3ccc4ccc5c(N(c6ccc(C)cc6)c6ccc(Oc7ccc(C)cc7)cc6)ccc6ccc3c4c65)cc2)cc1. The first-order valence-corrected chi connectivity index (χ1v) is 20.5. The molecule has 0 N–H and O–H groups in total. The molecule has 4 nitrogen and oxygen atoms in total. The molecule has 60 heavy (non-hydrogen) atoms. The highest BCUT2D eigenvalue weighted by Gasteiger charge is 2.22. The molecule has 10 aromatic carbocycles. The molecule has 0 saturated heterocycles. The predicted molar refractivity (Wildman–Crippen MR) is 251 cm³/mol. The van der Waals surface area contributed by atoms with Crippen LogP contribution in [-0.4, -0.2) is 0 Å². The van der Waals surface area contributed by atoms with Crippen molar-refractivity contribution in [2.45, 2.75) is 27.7 Å². The molecule has 0 unspecified atom stereocenters. The second-order valence-electron chi connectivity index (χ2n) is 15.8. The van der Waals surface area contributed by atoms with Crippen LogP contribution in [0.25, 0.3) is 32.3 Å². The molecule has 0 radical (unpaired) electrons. The summed E-state index contributed by atoms with van der Waals surface area (Å²) >= 11 is 0. The third-order valence-electron chi connectivity index (χ3n) is 11.4. The van der Waals surface area contributed by atoms with Crippen molar-refractivity contribution in [2.75, 3.05) is 9.80 Å². The lowest BCUT2D eigenvalue weighted by Crippen LogP contribution is -2.11. The van der Waals surface area contributed by atoms with Gasteiger partial charge in [-0.15, -0.1) is 0 Å². The Kier molecular flexibility index (Phi) is 9.38. The minimum Gasteiger partial charge on any atom is -0.457 e. The molecule has 0 atom stereocenters. The molecule has 10 rings (SSSR count). The van der Waals surface area contributed by atoms with Crippen LogP contribution in [0.5, 0.6) is 23.0 Å². The van der Waals surface area contributed by atoms with Gasteiger partial charge in [-0.25, -0.2) is 0 Å². The van der Waals surface area contributed by atoms with Crippen molar-refractivity contribution in [1.29, 1.82) is 0 Å². The van der Waals surface area contributed by atoms with Crippen molar-refractivity contribution < 1.29 is 9.47 Å². The summed E-state index contributed by atoms with van der Waals surface area (Å²) in [5.41, 5.74) is 11.3. The molecule has 0 heterocycles. The number of benzene rings is 10. The number of hydrogen-bond donors (Lipinski definition) is 0. The Morgan fingerprint density at radius 2 is 0.517 bits per heavy atom. The highest BCUT2D eigenvalue weighted by Crippen LogP contribution is 2.48. The molecule has 0 aliphatic carbocycles. The fraction of sp³-hybridized carbons (Fsp3) is 0.0714. The topological polar surface area (TPSA) is 24.9 Å². The Morgan fingerprint density at radius 3 is 0.833 bits per heavy atom. The Hall–Kier alpha value is -7.56. The fourth-order valence-corrected chi connectivity index (χ4v) is 8.21. The maximum atomic E-state index is 6.25. The molecule has 0 bridgehead atoms. The van der Waals surface area contributed by atoms with E-state index in [1.165, 1.54) is 54.6 Å². The Balaban J connectivity index is 1.10. The van der Waals surface area contributed by atoms with Crippen LogP contribution >= 0.6 is 0 Å². The van der Waals surface area contributed by atoms with Crippen LogP contribution in [0.1, 0.15) is 22.3 Å². The third-order valence-corrected chi connectivity index (χ3v) is 11.4. The first-order valence-electron chi connectivity index (χ1n) is 20.5. The largest absolute Gasteiger partial charge is 0.457 e. The van der Waals surface area contributed by atoms with Gasteiger partial charge in [0.05, 0.1) is 11.4 Å². The number of aryl methyl sites for hydroxylation is 4. The average Bonchev–Trinajstić information content (AvgIpc) is 3.28. The summed E-state index contributed by atoms with van der Waals surface area (Å²) in [6.45, 7) is 8.43. The minimum atomic E-state index is 0.793. The maximum absolute atomic E-state index is 6.25. The highest BCUT2D eigenvalue weighted by atomic mass is 16.5. The van der Waals surface area contributed by atoms with Gasteiger partial charge in [0.25, 0.3) is 0 Å². The Bertz CT molecular complexity index is 2870. The molecule has 290 valence electrons. The van der Waals surface area contributed by atoms with Gasteiger partial charge in [-0.3, -0.25) is 0 Å². The van der Waals surface area contributed by atoms with E-state index >= 15 is 0 Å². The standard InChI is InChI=1S/C56H44N2O2/c1-37-5-17-43(18-6-37)57(45-21-29-49(30-22-45)59-47-25-9-39(3)10-26-47)53-35-15-41-14-34-52-54(36-16-42-13-33-51(53)55(41)56(42)52)58(44-19-7-38(2)8-20-44)46-23-31-50(32-24-46)60-48-27-11-40(4)12-28-48/h5-36H,1-4H3. The lowest BCUT2D eigenvalue weighted by atomic mass is 9.91. The van der Waals surface area contributed by atoms with Crippen molar-refractivity contribution >= 4 is 66.4 Å². The van der Waals surface area contributed by atoms with Gasteiger partial charge in [-0.05, 0) is 158 Å². The summed E-state index contributed by atoms with van der Waals surface area (Å²) in [6.07, 6.45) is 0. The normalized spacial score (nSPS) is 11.3. The summed E-state index contributed by atoms with van der Waals surface area (Å²) in [4.78, 5) is 4.72. The van der Waals surface area contributed by atoms with E-state index in [1.807, 2.05) is 24.3 Å². The lowest BCUT2D eigenvalue weighted by molar-refractivity contribution is 0.482. The molecular formula is C56H44N2O2. The van der Waals surface area contributed by atoms with Gasteiger partial charge < -0.3 is 19.3 Å². The first-order chi connectivity index (χ1) is 29.3. The van der Waals surface area contributed by atoms with Crippen molar-refractivity contribution in [2.24, 2.45) is 0 Å². The van der Waals surface area contributed by atoms with Gasteiger partial charge in [0.1, 0.15) is 23.0 Å². The van der Waals surface area contributed by atoms with Gasteiger partial charge in [-0.2, -0.15) is 0 Å². The third kappa shape index (κ3) is 7.03. The number of anilines is 6. The second kappa shape index (κ2) is 15.3. The zero-order valence-corrected chi connectivity index (χ0v) is 34.2. The zero-order chi connectivity index (χ0) is 40.7. The van der Waals surface area contributed by atoms with Crippen molar-refractivity contribution in [1.82, 2.24) is 0 Å². The lowest BCUT2D eigenvalue weighted by Gasteiger charge is -2.29. The van der Waals surface area contributed by atoms with Crippen LogP contribution in [0, 0.1) is 27.7 Å². The Labute approximate surface area is 351 Å². The molecule has 0 spiro atoms. The zero-order valence-electron chi connectivity index (χ0n) is 34.2. The van der Waals surface area contributed by atoms with Gasteiger partial charge in [0, 0.05) is 33.5 Å². The van der Waals surface area contributed by atoms with Gasteiger partial charge in [0.2, 0.25) is 0 Å². The number of ether oxygens (including phenoxy) is 2. The molecule has 0 fully saturated rings. The van der Waals surface area contributed by atoms with E-state index in [9.17, 15) is 0 Å². The highest BCUT2D eigenvalue weighted by molar-refractivity contribution is 6.28. The van der Waals surface area contributed by atoms with Crippen LogP contribution in [0.3, 0.4) is 0 Å². The number of hydrogen-bond acceptors (Lipinski definition) is 4. The van der Waals surface area contributed by atoms with Crippen LogP contribution in [-0.2, 0) is 0 Å². The average molecular weight is 777 g/mol. The summed E-state index contributed by atoms with van der Waals surface area (Å²) < 4.78 is 12.5. The molecule has 4 heteroatoms. The maximum Gasteiger partial charge on any atom is 0.127 e. The minimum absolute atomic E-state index is 0.793. The fourth-order valence-electron chi connectivity index (χ4n) is 8.21. The summed E-state index contributed by atoms with van der Waals surface area (Å²) in [6, 6.07) is 68.9. The molecule has 0 amide bonds. The van der Waals surface area contributed by atoms with E-state index in [0.717, 1.165) is 57.1 Å². The molecule has 0 aliphatic rings. The molecular weight excluding hydrogens is 733 g/mol. The van der Waals surface area contributed by atoms with E-state index in [4.69, 9.17) is 9.47 Å². The van der Waals surface area contributed by atoms with Crippen molar-refractivity contribution in [3.8, 4) is 23.0 Å². The van der Waals surface area contributed by atoms with Crippen molar-refractivity contribution in [3.05, 3.63) is 216 Å². The van der Waals surface area contributed by atoms with Gasteiger partial charge in [0.15, 0.2) is 0 Å². The van der Waals surface area contributed by atoms with E-state index in [0.29, 0.717) is 0 Å². The predicted octanol–water partition coefficient (Wildman–Crippen LogP) is 16.3.